The molecular weight excluding hydrogens is 328 g/mol. The van der Waals surface area contributed by atoms with Gasteiger partial charge in [-0.2, -0.15) is 0 Å². The van der Waals surface area contributed by atoms with Gasteiger partial charge in [0.15, 0.2) is 5.78 Å². The van der Waals surface area contributed by atoms with Gasteiger partial charge >= 0.3 is 0 Å². The summed E-state index contributed by atoms with van der Waals surface area (Å²) in [6.45, 7) is 0.661. The maximum absolute atomic E-state index is 13.2. The first-order valence-electron chi connectivity index (χ1n) is 9.57. The highest BCUT2D eigenvalue weighted by Crippen LogP contribution is 2.59. The van der Waals surface area contributed by atoms with Gasteiger partial charge in [0.2, 0.25) is 5.91 Å². The Morgan fingerprint density at radius 1 is 1.12 bits per heavy atom. The molecule has 2 aliphatic carbocycles. The zero-order valence-corrected chi connectivity index (χ0v) is 14.9. The van der Waals surface area contributed by atoms with Crippen molar-refractivity contribution in [2.24, 2.45) is 17.3 Å². The highest BCUT2D eigenvalue weighted by atomic mass is 16.5. The van der Waals surface area contributed by atoms with E-state index in [0.717, 1.165) is 37.7 Å². The molecule has 5 heteroatoms. The van der Waals surface area contributed by atoms with Crippen LogP contribution < -0.4 is 10.8 Å². The van der Waals surface area contributed by atoms with E-state index < -0.39 is 11.8 Å². The summed E-state index contributed by atoms with van der Waals surface area (Å²) in [7, 11) is 0. The van der Waals surface area contributed by atoms with E-state index in [2.05, 4.69) is 23.5 Å². The fourth-order valence-electron chi connectivity index (χ4n) is 4.75. The number of ketones is 1. The summed E-state index contributed by atoms with van der Waals surface area (Å²) in [6, 6.07) is 9.87. The monoisotopic (exact) mass is 354 g/mol. The summed E-state index contributed by atoms with van der Waals surface area (Å²) in [5.74, 6) is -0.989. The number of benzene rings is 1. The molecule has 1 spiro atoms. The summed E-state index contributed by atoms with van der Waals surface area (Å²) >= 11 is 0. The Morgan fingerprint density at radius 2 is 1.88 bits per heavy atom. The van der Waals surface area contributed by atoms with Crippen LogP contribution in [0.25, 0.3) is 5.57 Å². The molecule has 2 fully saturated rings. The highest BCUT2D eigenvalue weighted by molar-refractivity contribution is 5.93. The maximum atomic E-state index is 13.2. The Bertz CT molecular complexity index is 724. The minimum Gasteiger partial charge on any atom is -0.304 e. The lowest BCUT2D eigenvalue weighted by Crippen LogP contribution is -2.48. The number of amides is 1. The van der Waals surface area contributed by atoms with Crippen LogP contribution in [0.2, 0.25) is 0 Å². The number of carbonyl (C=O) groups is 2. The van der Waals surface area contributed by atoms with E-state index in [4.69, 9.17) is 5.21 Å². The van der Waals surface area contributed by atoms with Gasteiger partial charge < -0.3 is 5.32 Å². The summed E-state index contributed by atoms with van der Waals surface area (Å²) in [5, 5.41) is 12.5. The third-order valence-electron chi connectivity index (χ3n) is 6.52. The van der Waals surface area contributed by atoms with Crippen LogP contribution in [0.5, 0.6) is 0 Å². The zero-order valence-electron chi connectivity index (χ0n) is 14.9. The van der Waals surface area contributed by atoms with Crippen LogP contribution >= 0.6 is 0 Å². The van der Waals surface area contributed by atoms with Gasteiger partial charge in [-0.3, -0.25) is 14.8 Å². The Labute approximate surface area is 153 Å². The molecule has 138 valence electrons. The average molecular weight is 354 g/mol. The standard InChI is InChI=1S/C21H26N2O3/c24-19(16-6-8-21(9-10-21)13-17(16)20(25)23-26)18-12-15(7-11-22-18)14-4-2-1-3-5-14/h1-5,7,16-18,22,26H,6,8-13H2,(H,23,25)/t16-,17-,18?/m0/s1. The van der Waals surface area contributed by atoms with Crippen molar-refractivity contribution in [2.45, 2.75) is 44.6 Å². The summed E-state index contributed by atoms with van der Waals surface area (Å²) in [5.41, 5.74) is 4.38. The van der Waals surface area contributed by atoms with Crippen molar-refractivity contribution < 1.29 is 14.8 Å². The number of hydrogen-bond acceptors (Lipinski definition) is 4. The molecule has 1 aromatic rings. The molecule has 1 aliphatic heterocycles. The molecule has 0 saturated heterocycles. The third-order valence-corrected chi connectivity index (χ3v) is 6.52. The second kappa shape index (κ2) is 6.97. The predicted molar refractivity (Wildman–Crippen MR) is 98.3 cm³/mol. The summed E-state index contributed by atoms with van der Waals surface area (Å²) in [4.78, 5) is 25.5. The minimum absolute atomic E-state index is 0.121. The van der Waals surface area contributed by atoms with Crippen LogP contribution in [-0.4, -0.2) is 29.5 Å². The van der Waals surface area contributed by atoms with Crippen molar-refractivity contribution in [3.8, 4) is 0 Å². The lowest BCUT2D eigenvalue weighted by atomic mass is 9.68. The van der Waals surface area contributed by atoms with Gasteiger partial charge in [0.25, 0.3) is 0 Å². The molecule has 3 aliphatic rings. The lowest BCUT2D eigenvalue weighted by Gasteiger charge is -2.36. The van der Waals surface area contributed by atoms with E-state index in [1.54, 1.807) is 5.48 Å². The Morgan fingerprint density at radius 3 is 2.58 bits per heavy atom. The molecule has 26 heavy (non-hydrogen) atoms. The van der Waals surface area contributed by atoms with Crippen molar-refractivity contribution >= 4 is 17.3 Å². The summed E-state index contributed by atoms with van der Waals surface area (Å²) in [6.07, 6.45) is 7.57. The van der Waals surface area contributed by atoms with E-state index in [-0.39, 0.29) is 23.2 Å². The molecule has 0 aromatic heterocycles. The van der Waals surface area contributed by atoms with E-state index in [9.17, 15) is 9.59 Å². The first-order valence-corrected chi connectivity index (χ1v) is 9.57. The predicted octanol–water partition coefficient (Wildman–Crippen LogP) is 2.70. The number of rotatable bonds is 4. The van der Waals surface area contributed by atoms with Crippen LogP contribution in [0, 0.1) is 17.3 Å². The summed E-state index contributed by atoms with van der Waals surface area (Å²) < 4.78 is 0. The fraction of sp³-hybridized carbons (Fsp3) is 0.524. The second-order valence-corrected chi connectivity index (χ2v) is 8.09. The molecule has 3 N–H and O–H groups in total. The Hall–Kier alpha value is -1.98. The molecule has 3 atom stereocenters. The molecule has 1 amide bonds. The van der Waals surface area contributed by atoms with Crippen LogP contribution in [0.4, 0.5) is 0 Å². The Kier molecular flexibility index (Phi) is 4.67. The average Bonchev–Trinajstić information content (AvgIpc) is 3.46. The number of nitrogens with one attached hydrogen (secondary N) is 2. The van der Waals surface area contributed by atoms with Gasteiger partial charge in [-0.15, -0.1) is 0 Å². The number of hydroxylamine groups is 1. The van der Waals surface area contributed by atoms with Crippen LogP contribution in [-0.2, 0) is 9.59 Å². The van der Waals surface area contributed by atoms with Gasteiger partial charge in [0, 0.05) is 12.5 Å². The number of carbonyl (C=O) groups excluding carboxylic acids is 2. The topological polar surface area (TPSA) is 78.4 Å². The fourth-order valence-corrected chi connectivity index (χ4v) is 4.75. The molecular formula is C21H26N2O3. The van der Waals surface area contributed by atoms with Crippen LogP contribution in [0.15, 0.2) is 36.4 Å². The number of Topliss-reactive ketones (excluding diaryl/α,β-unsaturated/α-hetero) is 1. The first-order chi connectivity index (χ1) is 12.6. The molecule has 0 bridgehead atoms. The first kappa shape index (κ1) is 17.4. The second-order valence-electron chi connectivity index (χ2n) is 8.09. The Balaban J connectivity index is 1.49. The van der Waals surface area contributed by atoms with Crippen molar-refractivity contribution in [3.05, 3.63) is 42.0 Å². The van der Waals surface area contributed by atoms with Crippen LogP contribution in [0.1, 0.15) is 44.1 Å². The number of hydrogen-bond donors (Lipinski definition) is 3. The van der Waals surface area contributed by atoms with Crippen molar-refractivity contribution in [3.63, 3.8) is 0 Å². The normalized spacial score (nSPS) is 29.7. The molecule has 1 heterocycles. The van der Waals surface area contributed by atoms with Gasteiger partial charge in [-0.1, -0.05) is 36.4 Å². The molecule has 0 radical (unpaired) electrons. The van der Waals surface area contributed by atoms with E-state index in [1.165, 1.54) is 5.57 Å². The molecule has 1 unspecified atom stereocenters. The minimum atomic E-state index is -0.406. The SMILES string of the molecule is O=C(NO)[C@H]1CC2(CC[C@@H]1C(=O)C1CC(c3ccccc3)=CCN1)CC2. The zero-order chi connectivity index (χ0) is 18.1. The molecule has 4 rings (SSSR count). The highest BCUT2D eigenvalue weighted by Gasteiger charge is 2.52. The van der Waals surface area contributed by atoms with Crippen molar-refractivity contribution in [2.75, 3.05) is 6.54 Å². The third kappa shape index (κ3) is 3.33. The smallest absolute Gasteiger partial charge is 0.247 e. The van der Waals surface area contributed by atoms with E-state index in [0.29, 0.717) is 13.0 Å². The quantitative estimate of drug-likeness (QED) is 0.574. The van der Waals surface area contributed by atoms with Gasteiger partial charge in [0.1, 0.15) is 0 Å². The largest absolute Gasteiger partial charge is 0.304 e. The molecule has 5 nitrogen and oxygen atoms in total. The van der Waals surface area contributed by atoms with Crippen molar-refractivity contribution in [1.29, 1.82) is 0 Å². The van der Waals surface area contributed by atoms with Gasteiger partial charge in [-0.05, 0) is 55.1 Å². The lowest BCUT2D eigenvalue weighted by molar-refractivity contribution is -0.143. The maximum Gasteiger partial charge on any atom is 0.247 e. The van der Waals surface area contributed by atoms with Gasteiger partial charge in [0.05, 0.1) is 12.0 Å². The molecule has 2 saturated carbocycles. The van der Waals surface area contributed by atoms with Crippen molar-refractivity contribution in [1.82, 2.24) is 10.8 Å². The van der Waals surface area contributed by atoms with E-state index >= 15 is 0 Å². The van der Waals surface area contributed by atoms with E-state index in [1.807, 2.05) is 18.2 Å². The van der Waals surface area contributed by atoms with Gasteiger partial charge in [-0.25, -0.2) is 5.48 Å². The van der Waals surface area contributed by atoms with Crippen LogP contribution in [0.3, 0.4) is 0 Å². The molecule has 1 aromatic carbocycles.